The van der Waals surface area contributed by atoms with Gasteiger partial charge in [-0.2, -0.15) is 0 Å². The Kier molecular flexibility index (Phi) is 7.21. The zero-order chi connectivity index (χ0) is 12.5. The number of halogens is 1. The molecular formula is C13H21BrN2O. The highest BCUT2D eigenvalue weighted by Gasteiger charge is 2.06. The number of unbranched alkanes of at least 4 members (excludes halogenated alkanes) is 1. The minimum atomic E-state index is 0.691. The maximum absolute atomic E-state index is 5.14. The van der Waals surface area contributed by atoms with Crippen molar-refractivity contribution in [2.45, 2.75) is 26.3 Å². The molecule has 3 nitrogen and oxygen atoms in total. The van der Waals surface area contributed by atoms with Crippen molar-refractivity contribution in [2.24, 2.45) is 0 Å². The maximum Gasteiger partial charge on any atom is 0.213 e. The molecule has 17 heavy (non-hydrogen) atoms. The van der Waals surface area contributed by atoms with Gasteiger partial charge in [-0.15, -0.1) is 0 Å². The molecule has 0 N–H and O–H groups in total. The van der Waals surface area contributed by atoms with Crippen LogP contribution >= 0.6 is 15.9 Å². The SMILES string of the molecule is CCCCN(CCBr)Cc1cccc(OC)n1. The smallest absolute Gasteiger partial charge is 0.213 e. The second-order valence-corrected chi connectivity index (χ2v) is 4.78. The van der Waals surface area contributed by atoms with Crippen molar-refractivity contribution in [3.8, 4) is 5.88 Å². The third-order valence-electron chi connectivity index (χ3n) is 2.60. The molecule has 0 aliphatic rings. The first-order valence-electron chi connectivity index (χ1n) is 6.08. The number of hydrogen-bond acceptors (Lipinski definition) is 3. The molecule has 0 aliphatic heterocycles. The van der Waals surface area contributed by atoms with Gasteiger partial charge >= 0.3 is 0 Å². The number of nitrogens with zero attached hydrogens (tertiary/aromatic N) is 2. The summed E-state index contributed by atoms with van der Waals surface area (Å²) in [7, 11) is 1.65. The summed E-state index contributed by atoms with van der Waals surface area (Å²) in [5.41, 5.74) is 1.07. The van der Waals surface area contributed by atoms with Crippen molar-refractivity contribution in [1.29, 1.82) is 0 Å². The Bertz CT molecular complexity index is 320. The van der Waals surface area contributed by atoms with E-state index in [0.717, 1.165) is 30.7 Å². The van der Waals surface area contributed by atoms with Crippen LogP contribution in [-0.2, 0) is 6.54 Å². The lowest BCUT2D eigenvalue weighted by Crippen LogP contribution is -2.26. The Balaban J connectivity index is 2.57. The molecule has 0 saturated heterocycles. The fourth-order valence-electron chi connectivity index (χ4n) is 1.66. The fourth-order valence-corrected chi connectivity index (χ4v) is 2.16. The lowest BCUT2D eigenvalue weighted by molar-refractivity contribution is 0.273. The van der Waals surface area contributed by atoms with Crippen molar-refractivity contribution in [3.05, 3.63) is 23.9 Å². The van der Waals surface area contributed by atoms with E-state index in [4.69, 9.17) is 4.74 Å². The van der Waals surface area contributed by atoms with Gasteiger partial charge in [0.25, 0.3) is 0 Å². The molecule has 1 heterocycles. The Labute approximate surface area is 112 Å². The van der Waals surface area contributed by atoms with Gasteiger partial charge in [0, 0.05) is 24.5 Å². The molecule has 1 aromatic heterocycles. The van der Waals surface area contributed by atoms with E-state index >= 15 is 0 Å². The third-order valence-corrected chi connectivity index (χ3v) is 2.96. The average molecular weight is 301 g/mol. The van der Waals surface area contributed by atoms with Gasteiger partial charge in [-0.3, -0.25) is 4.90 Å². The molecule has 0 aromatic carbocycles. The van der Waals surface area contributed by atoms with Gasteiger partial charge in [0.2, 0.25) is 5.88 Å². The van der Waals surface area contributed by atoms with Crippen LogP contribution in [0.5, 0.6) is 5.88 Å². The molecule has 96 valence electrons. The number of hydrogen-bond donors (Lipinski definition) is 0. The molecular weight excluding hydrogens is 280 g/mol. The minimum absolute atomic E-state index is 0.691. The highest BCUT2D eigenvalue weighted by molar-refractivity contribution is 9.09. The van der Waals surface area contributed by atoms with Crippen LogP contribution in [0.3, 0.4) is 0 Å². The molecule has 0 saturated carbocycles. The molecule has 0 bridgehead atoms. The summed E-state index contributed by atoms with van der Waals surface area (Å²) < 4.78 is 5.14. The normalized spacial score (nSPS) is 10.8. The monoisotopic (exact) mass is 300 g/mol. The topological polar surface area (TPSA) is 25.4 Å². The molecule has 0 aliphatic carbocycles. The summed E-state index contributed by atoms with van der Waals surface area (Å²) in [6.07, 6.45) is 2.46. The van der Waals surface area contributed by atoms with E-state index in [1.54, 1.807) is 7.11 Å². The number of pyridine rings is 1. The van der Waals surface area contributed by atoms with Crippen LogP contribution < -0.4 is 4.74 Å². The van der Waals surface area contributed by atoms with Gasteiger partial charge in [0.15, 0.2) is 0 Å². The highest BCUT2D eigenvalue weighted by Crippen LogP contribution is 2.09. The van der Waals surface area contributed by atoms with E-state index in [1.807, 2.05) is 12.1 Å². The number of aromatic nitrogens is 1. The van der Waals surface area contributed by atoms with Crippen molar-refractivity contribution in [3.63, 3.8) is 0 Å². The van der Waals surface area contributed by atoms with Crippen molar-refractivity contribution >= 4 is 15.9 Å². The summed E-state index contributed by atoms with van der Waals surface area (Å²) in [6.45, 7) is 5.29. The van der Waals surface area contributed by atoms with Crippen LogP contribution in [0.4, 0.5) is 0 Å². The number of rotatable bonds is 8. The number of ether oxygens (including phenoxy) is 1. The Morgan fingerprint density at radius 2 is 2.18 bits per heavy atom. The van der Waals surface area contributed by atoms with Crippen molar-refractivity contribution < 1.29 is 4.74 Å². The Morgan fingerprint density at radius 3 is 2.82 bits per heavy atom. The molecule has 4 heteroatoms. The number of methoxy groups -OCH3 is 1. The van der Waals surface area contributed by atoms with Crippen LogP contribution in [0.1, 0.15) is 25.5 Å². The van der Waals surface area contributed by atoms with Gasteiger partial charge in [-0.25, -0.2) is 4.98 Å². The first kappa shape index (κ1) is 14.5. The van der Waals surface area contributed by atoms with Gasteiger partial charge in [-0.05, 0) is 19.0 Å². The minimum Gasteiger partial charge on any atom is -0.481 e. The van der Waals surface area contributed by atoms with Gasteiger partial charge in [0.1, 0.15) is 0 Å². The average Bonchev–Trinajstić information content (AvgIpc) is 2.36. The molecule has 1 rings (SSSR count). The van der Waals surface area contributed by atoms with Crippen LogP contribution in [0.2, 0.25) is 0 Å². The van der Waals surface area contributed by atoms with Crippen LogP contribution in [-0.4, -0.2) is 35.4 Å². The van der Waals surface area contributed by atoms with Gasteiger partial charge in [0.05, 0.1) is 12.8 Å². The summed E-state index contributed by atoms with van der Waals surface area (Å²) in [6, 6.07) is 5.92. The molecule has 0 unspecified atom stereocenters. The van der Waals surface area contributed by atoms with Gasteiger partial charge < -0.3 is 4.74 Å². The summed E-state index contributed by atoms with van der Waals surface area (Å²) in [4.78, 5) is 6.86. The van der Waals surface area contributed by atoms with E-state index in [9.17, 15) is 0 Å². The van der Waals surface area contributed by atoms with Crippen LogP contribution in [0.15, 0.2) is 18.2 Å². The van der Waals surface area contributed by atoms with E-state index in [-0.39, 0.29) is 0 Å². The van der Waals surface area contributed by atoms with Crippen LogP contribution in [0, 0.1) is 0 Å². The van der Waals surface area contributed by atoms with E-state index in [1.165, 1.54) is 12.8 Å². The van der Waals surface area contributed by atoms with Crippen molar-refractivity contribution in [1.82, 2.24) is 9.88 Å². The predicted molar refractivity (Wildman–Crippen MR) is 74.8 cm³/mol. The standard InChI is InChI=1S/C13H21BrN2O/c1-3-4-9-16(10-8-14)11-12-6-5-7-13(15-12)17-2/h5-7H,3-4,8-11H2,1-2H3. The molecule has 0 spiro atoms. The predicted octanol–water partition coefficient (Wildman–Crippen LogP) is 3.09. The highest BCUT2D eigenvalue weighted by atomic mass is 79.9. The fraction of sp³-hybridized carbons (Fsp3) is 0.615. The first-order chi connectivity index (χ1) is 8.30. The van der Waals surface area contributed by atoms with E-state index < -0.39 is 0 Å². The van der Waals surface area contributed by atoms with Crippen LogP contribution in [0.25, 0.3) is 0 Å². The molecule has 0 fully saturated rings. The quantitative estimate of drug-likeness (QED) is 0.690. The summed E-state index contributed by atoms with van der Waals surface area (Å²) >= 11 is 3.50. The van der Waals surface area contributed by atoms with Gasteiger partial charge in [-0.1, -0.05) is 35.3 Å². The second kappa shape index (κ2) is 8.48. The third kappa shape index (κ3) is 5.50. The lowest BCUT2D eigenvalue weighted by Gasteiger charge is -2.20. The van der Waals surface area contributed by atoms with Crippen molar-refractivity contribution in [2.75, 3.05) is 25.5 Å². The first-order valence-corrected chi connectivity index (χ1v) is 7.20. The molecule has 1 aromatic rings. The number of alkyl halides is 1. The Morgan fingerprint density at radius 1 is 1.35 bits per heavy atom. The van der Waals surface area contributed by atoms with E-state index in [2.05, 4.69) is 38.8 Å². The largest absolute Gasteiger partial charge is 0.481 e. The molecule has 0 amide bonds. The second-order valence-electron chi connectivity index (χ2n) is 3.99. The zero-order valence-electron chi connectivity index (χ0n) is 10.7. The van der Waals surface area contributed by atoms with E-state index in [0.29, 0.717) is 5.88 Å². The Hall–Kier alpha value is -0.610. The summed E-state index contributed by atoms with van der Waals surface area (Å²) in [5, 5.41) is 1.00. The summed E-state index contributed by atoms with van der Waals surface area (Å²) in [5.74, 6) is 0.691. The maximum atomic E-state index is 5.14. The zero-order valence-corrected chi connectivity index (χ0v) is 12.2. The molecule has 0 radical (unpaired) electrons. The molecule has 0 atom stereocenters. The lowest BCUT2D eigenvalue weighted by atomic mass is 10.3.